The van der Waals surface area contributed by atoms with E-state index in [9.17, 15) is 27.6 Å². The van der Waals surface area contributed by atoms with Gasteiger partial charge in [-0.25, -0.2) is 4.79 Å². The average molecular weight is 460 g/mol. The third kappa shape index (κ3) is 3.70. The van der Waals surface area contributed by atoms with Crippen molar-refractivity contribution < 1.29 is 27.6 Å². The fraction of sp³-hybridized carbons (Fsp3) is 0.211. The molecular formula is C19H14Cl2F3N3O3. The Labute approximate surface area is 178 Å². The summed E-state index contributed by atoms with van der Waals surface area (Å²) < 4.78 is 42.0. The van der Waals surface area contributed by atoms with Crippen molar-refractivity contribution in [1.82, 2.24) is 15.5 Å². The van der Waals surface area contributed by atoms with E-state index in [2.05, 4.69) is 0 Å². The molecule has 4 amide bonds. The van der Waals surface area contributed by atoms with Crippen LogP contribution in [-0.4, -0.2) is 34.6 Å². The number of benzene rings is 2. The summed E-state index contributed by atoms with van der Waals surface area (Å²) in [5, 5.41) is 3.15. The summed E-state index contributed by atoms with van der Waals surface area (Å²) >= 11 is 11.6. The second-order valence-electron chi connectivity index (χ2n) is 6.52. The number of nitrogens with zero attached hydrogens (tertiary/aromatic N) is 1. The number of rotatable bonds is 4. The maximum atomic E-state index is 14.0. The minimum absolute atomic E-state index is 0.162. The van der Waals surface area contributed by atoms with Gasteiger partial charge < -0.3 is 5.32 Å². The molecule has 0 unspecified atom stereocenters. The van der Waals surface area contributed by atoms with Gasteiger partial charge in [0.05, 0.1) is 16.6 Å². The molecule has 0 aromatic heterocycles. The highest BCUT2D eigenvalue weighted by Gasteiger charge is 2.69. The van der Waals surface area contributed by atoms with E-state index in [0.717, 1.165) is 12.1 Å². The van der Waals surface area contributed by atoms with E-state index in [0.29, 0.717) is 10.5 Å². The van der Waals surface area contributed by atoms with Gasteiger partial charge in [0.2, 0.25) is 0 Å². The lowest BCUT2D eigenvalue weighted by atomic mass is 10.0. The van der Waals surface area contributed by atoms with Crippen molar-refractivity contribution in [2.24, 2.45) is 0 Å². The molecule has 3 rings (SSSR count). The van der Waals surface area contributed by atoms with Crippen LogP contribution in [0.5, 0.6) is 0 Å². The lowest BCUT2D eigenvalue weighted by Gasteiger charge is -2.30. The van der Waals surface area contributed by atoms with Gasteiger partial charge in [0.15, 0.2) is 0 Å². The molecule has 0 bridgehead atoms. The van der Waals surface area contributed by atoms with Crippen LogP contribution in [0.15, 0.2) is 48.5 Å². The summed E-state index contributed by atoms with van der Waals surface area (Å²) in [6, 6.07) is 9.24. The van der Waals surface area contributed by atoms with Crippen LogP contribution in [0.3, 0.4) is 0 Å². The second-order valence-corrected chi connectivity index (χ2v) is 7.36. The molecule has 0 radical (unpaired) electrons. The minimum atomic E-state index is -5.33. The van der Waals surface area contributed by atoms with Gasteiger partial charge >= 0.3 is 12.2 Å². The van der Waals surface area contributed by atoms with Gasteiger partial charge in [0.25, 0.3) is 17.5 Å². The number of nitrogens with one attached hydrogen (secondary N) is 2. The molecule has 2 aromatic rings. The third-order valence-electron chi connectivity index (χ3n) is 4.62. The Morgan fingerprint density at radius 1 is 1.13 bits per heavy atom. The molecule has 30 heavy (non-hydrogen) atoms. The number of carbonyl (C=O) groups is 3. The van der Waals surface area contributed by atoms with E-state index in [-0.39, 0.29) is 15.6 Å². The van der Waals surface area contributed by atoms with Crippen LogP contribution >= 0.6 is 23.2 Å². The van der Waals surface area contributed by atoms with E-state index in [4.69, 9.17) is 23.2 Å². The average Bonchev–Trinajstić information content (AvgIpc) is 2.92. The monoisotopic (exact) mass is 459 g/mol. The van der Waals surface area contributed by atoms with E-state index < -0.39 is 35.7 Å². The number of carbonyl (C=O) groups excluding carboxylic acids is 3. The van der Waals surface area contributed by atoms with Crippen LogP contribution in [0.1, 0.15) is 28.9 Å². The summed E-state index contributed by atoms with van der Waals surface area (Å²) in [4.78, 5) is 38.2. The number of hydrogen-bond acceptors (Lipinski definition) is 3. The van der Waals surface area contributed by atoms with Gasteiger partial charge in [-0.1, -0.05) is 53.5 Å². The van der Waals surface area contributed by atoms with E-state index in [1.54, 1.807) is 41.0 Å². The third-order valence-corrected chi connectivity index (χ3v) is 5.17. The molecule has 11 heteroatoms. The molecule has 1 aliphatic rings. The van der Waals surface area contributed by atoms with Gasteiger partial charge in [-0.15, -0.1) is 0 Å². The first-order valence-corrected chi connectivity index (χ1v) is 9.28. The largest absolute Gasteiger partial charge is 0.440 e. The number of imide groups is 1. The highest BCUT2D eigenvalue weighted by molar-refractivity contribution is 6.36. The lowest BCUT2D eigenvalue weighted by molar-refractivity contribution is -0.200. The first-order chi connectivity index (χ1) is 14.0. The summed E-state index contributed by atoms with van der Waals surface area (Å²) in [6.07, 6.45) is -5.33. The van der Waals surface area contributed by atoms with Crippen LogP contribution in [-0.2, 0) is 4.79 Å². The molecule has 0 saturated carbocycles. The molecule has 2 N–H and O–H groups in total. The minimum Gasteiger partial charge on any atom is -0.314 e. The van der Waals surface area contributed by atoms with Crippen molar-refractivity contribution in [2.75, 3.05) is 0 Å². The Kier molecular flexibility index (Phi) is 5.70. The van der Waals surface area contributed by atoms with Gasteiger partial charge in [0.1, 0.15) is 0 Å². The zero-order chi connectivity index (χ0) is 22.3. The molecule has 2 atom stereocenters. The molecule has 0 spiro atoms. The van der Waals surface area contributed by atoms with Gasteiger partial charge in [-0.2, -0.15) is 13.2 Å². The number of urea groups is 1. The molecule has 2 aromatic carbocycles. The van der Waals surface area contributed by atoms with Gasteiger partial charge in [-0.05, 0) is 30.7 Å². The van der Waals surface area contributed by atoms with Crippen LogP contribution in [0.25, 0.3) is 0 Å². The van der Waals surface area contributed by atoms with Crippen molar-refractivity contribution in [3.8, 4) is 0 Å². The first kappa shape index (κ1) is 21.9. The summed E-state index contributed by atoms with van der Waals surface area (Å²) in [6.45, 7) is 1.40. The van der Waals surface area contributed by atoms with Crippen molar-refractivity contribution in [3.63, 3.8) is 0 Å². The predicted molar refractivity (Wildman–Crippen MR) is 103 cm³/mol. The highest BCUT2D eigenvalue weighted by Crippen LogP contribution is 2.37. The standard InChI is InChI=1S/C19H14Cl2F3N3O3/c1-10(11-5-3-2-4-6-11)27-16(29)18(19(22,23)24,26-17(27)30)25-15(28)13-8-7-12(20)9-14(13)21/h2-10H,1H3,(H,25,28)(H,26,30)/t10-,18-/m1/s1. The summed E-state index contributed by atoms with van der Waals surface area (Å²) in [5.74, 6) is -2.97. The topological polar surface area (TPSA) is 78.5 Å². The van der Waals surface area contributed by atoms with Crippen molar-refractivity contribution >= 4 is 41.0 Å². The summed E-state index contributed by atoms with van der Waals surface area (Å²) in [7, 11) is 0. The van der Waals surface area contributed by atoms with E-state index >= 15 is 0 Å². The smallest absolute Gasteiger partial charge is 0.314 e. The van der Waals surface area contributed by atoms with Crippen LogP contribution in [0, 0.1) is 0 Å². The summed E-state index contributed by atoms with van der Waals surface area (Å²) in [5.41, 5.74) is -3.56. The molecule has 1 saturated heterocycles. The Balaban J connectivity index is 1.99. The van der Waals surface area contributed by atoms with Gasteiger partial charge in [-0.3, -0.25) is 19.8 Å². The molecule has 0 aliphatic carbocycles. The maximum Gasteiger partial charge on any atom is 0.440 e. The zero-order valence-corrected chi connectivity index (χ0v) is 16.8. The predicted octanol–water partition coefficient (Wildman–Crippen LogP) is 4.29. The van der Waals surface area contributed by atoms with E-state index in [1.807, 2.05) is 0 Å². The first-order valence-electron chi connectivity index (χ1n) is 8.53. The van der Waals surface area contributed by atoms with Crippen molar-refractivity contribution in [2.45, 2.75) is 24.8 Å². The molecule has 1 fully saturated rings. The fourth-order valence-electron chi connectivity index (χ4n) is 3.04. The number of hydrogen-bond donors (Lipinski definition) is 2. The van der Waals surface area contributed by atoms with Crippen molar-refractivity contribution in [3.05, 3.63) is 69.7 Å². The zero-order valence-electron chi connectivity index (χ0n) is 15.3. The lowest BCUT2D eigenvalue weighted by Crippen LogP contribution is -2.69. The SMILES string of the molecule is C[C@H](c1ccccc1)N1C(=O)N[C@@](NC(=O)c2ccc(Cl)cc2Cl)(C(F)(F)F)C1=O. The number of amides is 4. The maximum absolute atomic E-state index is 14.0. The van der Waals surface area contributed by atoms with Crippen LogP contribution in [0.4, 0.5) is 18.0 Å². The number of alkyl halides is 3. The molecule has 6 nitrogen and oxygen atoms in total. The number of halogens is 5. The van der Waals surface area contributed by atoms with Crippen molar-refractivity contribution in [1.29, 1.82) is 0 Å². The Morgan fingerprint density at radius 2 is 1.77 bits per heavy atom. The quantitative estimate of drug-likeness (QED) is 0.669. The fourth-order valence-corrected chi connectivity index (χ4v) is 3.53. The molecule has 1 aliphatic heterocycles. The van der Waals surface area contributed by atoms with Crippen LogP contribution < -0.4 is 10.6 Å². The van der Waals surface area contributed by atoms with Crippen LogP contribution in [0.2, 0.25) is 10.0 Å². The Hall–Kier alpha value is -2.78. The highest BCUT2D eigenvalue weighted by atomic mass is 35.5. The molecular weight excluding hydrogens is 446 g/mol. The van der Waals surface area contributed by atoms with Gasteiger partial charge in [0, 0.05) is 5.02 Å². The Bertz CT molecular complexity index is 1020. The normalized spacial score (nSPS) is 20.1. The van der Waals surface area contributed by atoms with E-state index in [1.165, 1.54) is 13.0 Å². The molecule has 1 heterocycles. The Morgan fingerprint density at radius 3 is 2.33 bits per heavy atom. The second kappa shape index (κ2) is 7.81. The molecule has 158 valence electrons.